The number of ether oxygens (including phenoxy) is 1. The number of carbonyl (C=O) groups is 2. The minimum absolute atomic E-state index is 0.158. The largest absolute Gasteiger partial charge is 0.451 e. The molecule has 2 aromatic rings. The topological polar surface area (TPSA) is 58.6 Å². The minimum Gasteiger partial charge on any atom is -0.451 e. The summed E-state index contributed by atoms with van der Waals surface area (Å²) in [5.41, 5.74) is 2.63. The van der Waals surface area contributed by atoms with Crippen LogP contribution >= 0.6 is 0 Å². The fourth-order valence-electron chi connectivity index (χ4n) is 3.97. The fraction of sp³-hybridized carbons (Fsp3) is 0.462. The molecule has 0 spiro atoms. The monoisotopic (exact) mass is 422 g/mol. The van der Waals surface area contributed by atoms with Gasteiger partial charge < -0.3 is 15.0 Å². The van der Waals surface area contributed by atoms with Crippen molar-refractivity contribution >= 4 is 11.9 Å². The van der Waals surface area contributed by atoms with Crippen LogP contribution in [0, 0.1) is 11.8 Å². The molecule has 0 radical (unpaired) electrons. The molecular formula is C26H34N2O3. The Kier molecular flexibility index (Phi) is 8.65. The van der Waals surface area contributed by atoms with E-state index in [1.165, 1.54) is 11.1 Å². The molecule has 0 bridgehead atoms. The van der Waals surface area contributed by atoms with Crippen LogP contribution < -0.4 is 5.32 Å². The van der Waals surface area contributed by atoms with Crippen molar-refractivity contribution in [2.75, 3.05) is 26.2 Å². The zero-order chi connectivity index (χ0) is 22.1. The molecule has 3 atom stereocenters. The molecular weight excluding hydrogens is 388 g/mol. The molecule has 166 valence electrons. The van der Waals surface area contributed by atoms with E-state index in [0.717, 1.165) is 38.9 Å². The lowest BCUT2D eigenvalue weighted by Gasteiger charge is -2.37. The molecule has 0 aromatic heterocycles. The molecule has 0 saturated carbocycles. The summed E-state index contributed by atoms with van der Waals surface area (Å²) < 4.78 is 5.14. The smallest absolute Gasteiger partial charge is 0.314 e. The molecule has 0 aliphatic carbocycles. The highest BCUT2D eigenvalue weighted by atomic mass is 16.6. The van der Waals surface area contributed by atoms with Gasteiger partial charge in [-0.05, 0) is 29.9 Å². The molecule has 1 aliphatic heterocycles. The van der Waals surface area contributed by atoms with Gasteiger partial charge in [0.1, 0.15) is 5.92 Å². The van der Waals surface area contributed by atoms with Gasteiger partial charge in [-0.1, -0.05) is 80.9 Å². The lowest BCUT2D eigenvalue weighted by atomic mass is 9.83. The van der Waals surface area contributed by atoms with Gasteiger partial charge in [0.2, 0.25) is 0 Å². The van der Waals surface area contributed by atoms with Gasteiger partial charge in [-0.2, -0.15) is 0 Å². The number of benzene rings is 2. The molecule has 0 unspecified atom stereocenters. The molecule has 5 nitrogen and oxygen atoms in total. The Bertz CT molecular complexity index is 782. The number of hydrogen-bond donors (Lipinski definition) is 1. The number of carbonyl (C=O) groups excluding carboxylic acids is 2. The van der Waals surface area contributed by atoms with Crippen molar-refractivity contribution in [3.8, 4) is 0 Å². The van der Waals surface area contributed by atoms with E-state index in [2.05, 4.69) is 58.7 Å². The van der Waals surface area contributed by atoms with Gasteiger partial charge in [0.25, 0.3) is 5.91 Å². The summed E-state index contributed by atoms with van der Waals surface area (Å²) in [6.07, 6.45) is 2.17. The second-order valence-corrected chi connectivity index (χ2v) is 8.37. The fourth-order valence-corrected chi connectivity index (χ4v) is 3.97. The van der Waals surface area contributed by atoms with Crippen molar-refractivity contribution in [3.05, 3.63) is 71.8 Å². The zero-order valence-corrected chi connectivity index (χ0v) is 18.6. The van der Waals surface area contributed by atoms with E-state index in [9.17, 15) is 9.59 Å². The highest BCUT2D eigenvalue weighted by Crippen LogP contribution is 2.31. The summed E-state index contributed by atoms with van der Waals surface area (Å²) >= 11 is 0. The van der Waals surface area contributed by atoms with Crippen LogP contribution in [0.15, 0.2) is 60.7 Å². The second kappa shape index (κ2) is 11.7. The van der Waals surface area contributed by atoms with Gasteiger partial charge in [0.05, 0.1) is 0 Å². The van der Waals surface area contributed by atoms with Crippen molar-refractivity contribution in [3.63, 3.8) is 0 Å². The van der Waals surface area contributed by atoms with Crippen molar-refractivity contribution in [2.24, 2.45) is 11.8 Å². The SMILES string of the molecule is CC[C@@H](C)[C@@H]1C(=O)O[C@H]1C(=O)NCCN(CCc1ccccc1)CCc1ccccc1. The van der Waals surface area contributed by atoms with E-state index in [0.29, 0.717) is 6.54 Å². The van der Waals surface area contributed by atoms with Crippen molar-refractivity contribution in [2.45, 2.75) is 39.2 Å². The predicted octanol–water partition coefficient (Wildman–Crippen LogP) is 3.48. The molecule has 2 aromatic carbocycles. The van der Waals surface area contributed by atoms with E-state index < -0.39 is 6.10 Å². The van der Waals surface area contributed by atoms with Crippen LogP contribution in [0.2, 0.25) is 0 Å². The first-order valence-electron chi connectivity index (χ1n) is 11.4. The third-order valence-electron chi connectivity index (χ3n) is 6.20. The maximum Gasteiger partial charge on any atom is 0.314 e. The Labute approximate surface area is 185 Å². The van der Waals surface area contributed by atoms with Crippen LogP contribution in [0.5, 0.6) is 0 Å². The predicted molar refractivity (Wildman–Crippen MR) is 123 cm³/mol. The molecule has 1 aliphatic rings. The number of amides is 1. The first kappa shape index (κ1) is 23.0. The van der Waals surface area contributed by atoms with Crippen LogP contribution in [0.4, 0.5) is 0 Å². The first-order chi connectivity index (χ1) is 15.1. The number of esters is 1. The van der Waals surface area contributed by atoms with Crippen molar-refractivity contribution in [1.29, 1.82) is 0 Å². The molecule has 1 amide bonds. The summed E-state index contributed by atoms with van der Waals surface area (Å²) in [5, 5.41) is 2.98. The van der Waals surface area contributed by atoms with Crippen LogP contribution in [0.25, 0.3) is 0 Å². The van der Waals surface area contributed by atoms with Crippen LogP contribution in [0.3, 0.4) is 0 Å². The Morgan fingerprint density at radius 3 is 2.00 bits per heavy atom. The van der Waals surface area contributed by atoms with E-state index in [1.54, 1.807) is 0 Å². The van der Waals surface area contributed by atoms with Crippen molar-refractivity contribution in [1.82, 2.24) is 10.2 Å². The standard InChI is InChI=1S/C26H34N2O3/c1-3-20(2)23-24(31-26(23)30)25(29)27-16-19-28(17-14-21-10-6-4-7-11-21)18-15-22-12-8-5-9-13-22/h4-13,20,23-24H,3,14-19H2,1-2H3,(H,27,29)/t20-,23+,24-/m1/s1. The average molecular weight is 423 g/mol. The van der Waals surface area contributed by atoms with E-state index in [4.69, 9.17) is 4.74 Å². The van der Waals surface area contributed by atoms with E-state index >= 15 is 0 Å². The molecule has 1 saturated heterocycles. The Hall–Kier alpha value is -2.66. The molecule has 31 heavy (non-hydrogen) atoms. The van der Waals surface area contributed by atoms with Gasteiger partial charge in [0, 0.05) is 26.2 Å². The van der Waals surface area contributed by atoms with Crippen molar-refractivity contribution < 1.29 is 14.3 Å². The Morgan fingerprint density at radius 2 is 1.52 bits per heavy atom. The third kappa shape index (κ3) is 6.66. The number of cyclic esters (lactones) is 1. The lowest BCUT2D eigenvalue weighted by Crippen LogP contribution is -2.56. The minimum atomic E-state index is -0.635. The molecule has 1 N–H and O–H groups in total. The molecule has 1 heterocycles. The van der Waals surface area contributed by atoms with E-state index in [1.807, 2.05) is 26.0 Å². The van der Waals surface area contributed by atoms with Gasteiger partial charge in [0.15, 0.2) is 6.10 Å². The highest BCUT2D eigenvalue weighted by Gasteiger charge is 2.49. The second-order valence-electron chi connectivity index (χ2n) is 8.37. The van der Waals surface area contributed by atoms with Crippen LogP contribution in [-0.4, -0.2) is 49.1 Å². The van der Waals surface area contributed by atoms with Gasteiger partial charge >= 0.3 is 5.97 Å². The number of nitrogens with zero attached hydrogens (tertiary/aromatic N) is 1. The maximum atomic E-state index is 12.5. The number of hydrogen-bond acceptors (Lipinski definition) is 4. The molecule has 1 fully saturated rings. The number of nitrogens with one attached hydrogen (secondary N) is 1. The summed E-state index contributed by atoms with van der Waals surface area (Å²) in [6.45, 7) is 7.20. The Balaban J connectivity index is 1.49. The maximum absolute atomic E-state index is 12.5. The first-order valence-corrected chi connectivity index (χ1v) is 11.4. The van der Waals surface area contributed by atoms with Crippen LogP contribution in [0.1, 0.15) is 31.4 Å². The van der Waals surface area contributed by atoms with E-state index in [-0.39, 0.29) is 23.7 Å². The molecule has 5 heteroatoms. The average Bonchev–Trinajstić information content (AvgIpc) is 2.79. The quantitative estimate of drug-likeness (QED) is 0.532. The van der Waals surface area contributed by atoms with Gasteiger partial charge in [-0.25, -0.2) is 0 Å². The normalized spacial score (nSPS) is 18.9. The van der Waals surface area contributed by atoms with Gasteiger partial charge in [-0.3, -0.25) is 9.59 Å². The zero-order valence-electron chi connectivity index (χ0n) is 18.6. The molecule has 3 rings (SSSR count). The summed E-state index contributed by atoms with van der Waals surface area (Å²) in [4.78, 5) is 26.7. The van der Waals surface area contributed by atoms with Crippen LogP contribution in [-0.2, 0) is 27.2 Å². The summed E-state index contributed by atoms with van der Waals surface area (Å²) in [7, 11) is 0. The number of rotatable bonds is 12. The summed E-state index contributed by atoms with van der Waals surface area (Å²) in [6, 6.07) is 20.9. The summed E-state index contributed by atoms with van der Waals surface area (Å²) in [5.74, 6) is -0.569. The lowest BCUT2D eigenvalue weighted by molar-refractivity contribution is -0.193. The van der Waals surface area contributed by atoms with Gasteiger partial charge in [-0.15, -0.1) is 0 Å². The highest BCUT2D eigenvalue weighted by molar-refractivity contribution is 5.94. The third-order valence-corrected chi connectivity index (χ3v) is 6.20. The Morgan fingerprint density at radius 1 is 0.968 bits per heavy atom.